The molecule has 6 nitrogen and oxygen atoms in total. The standard InChI is InChI=1S/C14H22N2O4/c1-4-14(5-2)10(17)15-12(19)16(11(14)18)13(3)7-6-8-20-9-13/h4-9H2,1-3H3,(H,15,17,19). The molecule has 0 aromatic carbocycles. The van der Waals surface area contributed by atoms with Gasteiger partial charge >= 0.3 is 6.03 Å². The molecule has 2 aliphatic rings. The van der Waals surface area contributed by atoms with E-state index in [1.165, 1.54) is 4.90 Å². The summed E-state index contributed by atoms with van der Waals surface area (Å²) in [6.45, 7) is 6.41. The Morgan fingerprint density at radius 3 is 2.40 bits per heavy atom. The summed E-state index contributed by atoms with van der Waals surface area (Å²) in [5.41, 5.74) is -1.80. The minimum absolute atomic E-state index is 0.323. The van der Waals surface area contributed by atoms with Crippen molar-refractivity contribution in [3.63, 3.8) is 0 Å². The lowest BCUT2D eigenvalue weighted by molar-refractivity contribution is -0.159. The number of hydrogen-bond donors (Lipinski definition) is 1. The van der Waals surface area contributed by atoms with E-state index in [9.17, 15) is 14.4 Å². The lowest BCUT2D eigenvalue weighted by Gasteiger charge is -2.48. The molecule has 1 unspecified atom stereocenters. The first kappa shape index (κ1) is 15.0. The van der Waals surface area contributed by atoms with Crippen molar-refractivity contribution in [3.8, 4) is 0 Å². The molecule has 2 fully saturated rings. The van der Waals surface area contributed by atoms with Gasteiger partial charge in [-0.15, -0.1) is 0 Å². The number of nitrogens with zero attached hydrogens (tertiary/aromatic N) is 1. The van der Waals surface area contributed by atoms with Gasteiger partial charge in [0.15, 0.2) is 0 Å². The Labute approximate surface area is 118 Å². The fraction of sp³-hybridized carbons (Fsp3) is 0.786. The SMILES string of the molecule is CCC1(CC)C(=O)NC(=O)N(C2(C)CCCOC2)C1=O. The maximum absolute atomic E-state index is 12.8. The summed E-state index contributed by atoms with van der Waals surface area (Å²) in [5, 5.41) is 2.35. The molecule has 2 rings (SSSR count). The molecule has 1 atom stereocenters. The number of imide groups is 2. The average molecular weight is 282 g/mol. The van der Waals surface area contributed by atoms with E-state index < -0.39 is 22.9 Å². The van der Waals surface area contributed by atoms with Crippen molar-refractivity contribution in [2.75, 3.05) is 13.2 Å². The Morgan fingerprint density at radius 2 is 1.90 bits per heavy atom. The fourth-order valence-corrected chi connectivity index (χ4v) is 3.14. The number of carbonyl (C=O) groups is 3. The molecule has 2 aliphatic heterocycles. The van der Waals surface area contributed by atoms with E-state index in [4.69, 9.17) is 4.74 Å². The van der Waals surface area contributed by atoms with Crippen LogP contribution in [0.4, 0.5) is 4.79 Å². The van der Waals surface area contributed by atoms with Crippen molar-refractivity contribution in [3.05, 3.63) is 0 Å². The van der Waals surface area contributed by atoms with Gasteiger partial charge in [-0.25, -0.2) is 4.79 Å². The van der Waals surface area contributed by atoms with Gasteiger partial charge in [0.05, 0.1) is 12.1 Å². The van der Waals surface area contributed by atoms with Crippen molar-refractivity contribution in [2.24, 2.45) is 5.41 Å². The van der Waals surface area contributed by atoms with Gasteiger partial charge in [-0.2, -0.15) is 0 Å². The van der Waals surface area contributed by atoms with Gasteiger partial charge in [0.25, 0.3) is 0 Å². The van der Waals surface area contributed by atoms with Gasteiger partial charge in [0.2, 0.25) is 11.8 Å². The fourth-order valence-electron chi connectivity index (χ4n) is 3.14. The maximum atomic E-state index is 12.8. The highest BCUT2D eigenvalue weighted by Crippen LogP contribution is 2.37. The molecule has 4 amide bonds. The number of amides is 4. The molecule has 2 saturated heterocycles. The molecule has 112 valence electrons. The molecule has 0 aromatic rings. The monoisotopic (exact) mass is 282 g/mol. The van der Waals surface area contributed by atoms with Gasteiger partial charge in [0.1, 0.15) is 5.41 Å². The second-order valence-corrected chi connectivity index (χ2v) is 5.84. The second kappa shape index (κ2) is 5.16. The zero-order valence-electron chi connectivity index (χ0n) is 12.3. The van der Waals surface area contributed by atoms with Gasteiger partial charge in [-0.1, -0.05) is 13.8 Å². The van der Waals surface area contributed by atoms with Crippen molar-refractivity contribution in [1.82, 2.24) is 10.2 Å². The van der Waals surface area contributed by atoms with Crippen LogP contribution in [-0.2, 0) is 14.3 Å². The van der Waals surface area contributed by atoms with Crippen LogP contribution in [0.5, 0.6) is 0 Å². The number of nitrogens with one attached hydrogen (secondary N) is 1. The van der Waals surface area contributed by atoms with E-state index in [1.807, 2.05) is 6.92 Å². The molecular formula is C14H22N2O4. The zero-order chi connectivity index (χ0) is 15.0. The third kappa shape index (κ3) is 2.02. The minimum atomic E-state index is -1.13. The Bertz CT molecular complexity index is 436. The summed E-state index contributed by atoms with van der Waals surface area (Å²) >= 11 is 0. The summed E-state index contributed by atoms with van der Waals surface area (Å²) in [6.07, 6.45) is 2.26. The summed E-state index contributed by atoms with van der Waals surface area (Å²) in [4.78, 5) is 38.3. The lowest BCUT2D eigenvalue weighted by atomic mass is 9.76. The van der Waals surface area contributed by atoms with E-state index in [2.05, 4.69) is 5.32 Å². The number of carbonyl (C=O) groups excluding carboxylic acids is 3. The molecule has 1 N–H and O–H groups in total. The van der Waals surface area contributed by atoms with Crippen molar-refractivity contribution in [2.45, 2.75) is 52.0 Å². The first-order valence-corrected chi connectivity index (χ1v) is 7.19. The van der Waals surface area contributed by atoms with Crippen molar-refractivity contribution < 1.29 is 19.1 Å². The highest BCUT2D eigenvalue weighted by atomic mass is 16.5. The first-order valence-electron chi connectivity index (χ1n) is 7.19. The molecule has 0 radical (unpaired) electrons. The molecule has 0 saturated carbocycles. The molecule has 0 spiro atoms. The van der Waals surface area contributed by atoms with E-state index in [1.54, 1.807) is 13.8 Å². The maximum Gasteiger partial charge on any atom is 0.331 e. The Hall–Kier alpha value is -1.43. The Balaban J connectivity index is 2.39. The molecule has 6 heteroatoms. The quantitative estimate of drug-likeness (QED) is 0.795. The third-order valence-corrected chi connectivity index (χ3v) is 4.63. The van der Waals surface area contributed by atoms with Gasteiger partial charge < -0.3 is 4.74 Å². The van der Waals surface area contributed by atoms with Gasteiger partial charge in [0, 0.05) is 6.61 Å². The van der Waals surface area contributed by atoms with Gasteiger partial charge in [-0.3, -0.25) is 19.8 Å². The van der Waals surface area contributed by atoms with Crippen LogP contribution in [-0.4, -0.2) is 41.5 Å². The van der Waals surface area contributed by atoms with Crippen LogP contribution in [0.3, 0.4) is 0 Å². The number of hydrogen-bond acceptors (Lipinski definition) is 4. The molecule has 20 heavy (non-hydrogen) atoms. The average Bonchev–Trinajstić information content (AvgIpc) is 2.40. The number of urea groups is 1. The van der Waals surface area contributed by atoms with Crippen LogP contribution < -0.4 is 5.32 Å². The van der Waals surface area contributed by atoms with Crippen LogP contribution in [0.15, 0.2) is 0 Å². The van der Waals surface area contributed by atoms with Crippen LogP contribution >= 0.6 is 0 Å². The molecule has 2 heterocycles. The Morgan fingerprint density at radius 1 is 1.25 bits per heavy atom. The van der Waals surface area contributed by atoms with Crippen LogP contribution in [0.2, 0.25) is 0 Å². The van der Waals surface area contributed by atoms with E-state index in [0.717, 1.165) is 6.42 Å². The molecular weight excluding hydrogens is 260 g/mol. The smallest absolute Gasteiger partial charge is 0.331 e. The number of barbiturate groups is 1. The third-order valence-electron chi connectivity index (χ3n) is 4.63. The lowest BCUT2D eigenvalue weighted by Crippen LogP contribution is -2.70. The largest absolute Gasteiger partial charge is 0.379 e. The number of rotatable bonds is 3. The highest BCUT2D eigenvalue weighted by molar-refractivity contribution is 6.19. The van der Waals surface area contributed by atoms with Crippen LogP contribution in [0, 0.1) is 5.41 Å². The Kier molecular flexibility index (Phi) is 3.86. The second-order valence-electron chi connectivity index (χ2n) is 5.84. The van der Waals surface area contributed by atoms with E-state index >= 15 is 0 Å². The van der Waals surface area contributed by atoms with E-state index in [-0.39, 0.29) is 5.91 Å². The summed E-state index contributed by atoms with van der Waals surface area (Å²) in [5.74, 6) is -0.863. The first-order chi connectivity index (χ1) is 9.41. The van der Waals surface area contributed by atoms with E-state index in [0.29, 0.717) is 32.5 Å². The summed E-state index contributed by atoms with van der Waals surface area (Å²) in [6, 6.07) is -0.620. The molecule has 0 aromatic heterocycles. The predicted molar refractivity (Wildman–Crippen MR) is 71.9 cm³/mol. The van der Waals surface area contributed by atoms with Crippen molar-refractivity contribution in [1.29, 1.82) is 0 Å². The minimum Gasteiger partial charge on any atom is -0.379 e. The van der Waals surface area contributed by atoms with Crippen molar-refractivity contribution >= 4 is 17.8 Å². The van der Waals surface area contributed by atoms with Gasteiger partial charge in [-0.05, 0) is 32.6 Å². The summed E-state index contributed by atoms with van der Waals surface area (Å²) < 4.78 is 5.44. The highest BCUT2D eigenvalue weighted by Gasteiger charge is 2.56. The molecule has 0 bridgehead atoms. The number of ether oxygens (including phenoxy) is 1. The predicted octanol–water partition coefficient (Wildman–Crippen LogP) is 1.44. The topological polar surface area (TPSA) is 75.7 Å². The van der Waals surface area contributed by atoms with Crippen LogP contribution in [0.25, 0.3) is 0 Å². The molecule has 0 aliphatic carbocycles. The summed E-state index contributed by atoms with van der Waals surface area (Å²) in [7, 11) is 0. The van der Waals surface area contributed by atoms with Crippen LogP contribution in [0.1, 0.15) is 46.5 Å². The normalized spacial score (nSPS) is 30.4. The zero-order valence-corrected chi connectivity index (χ0v) is 12.3.